The first-order valence-electron chi connectivity index (χ1n) is 10.4. The van der Waals surface area contributed by atoms with Gasteiger partial charge in [0.1, 0.15) is 17.1 Å². The Morgan fingerprint density at radius 3 is 2.32 bits per heavy atom. The van der Waals surface area contributed by atoms with E-state index in [0.29, 0.717) is 5.69 Å². The zero-order valence-corrected chi connectivity index (χ0v) is 19.7. The number of carbonyl (C=O) groups excluding carboxylic acids is 1. The average Bonchev–Trinajstić information content (AvgIpc) is 3.23. The largest absolute Gasteiger partial charge is 0.349 e. The molecule has 0 saturated heterocycles. The number of anilines is 1. The summed E-state index contributed by atoms with van der Waals surface area (Å²) in [4.78, 5) is 15.9. The molecule has 3 aromatic carbocycles. The van der Waals surface area contributed by atoms with Crippen molar-refractivity contribution < 1.29 is 4.79 Å². The fourth-order valence-electron chi connectivity index (χ4n) is 3.58. The topological polar surface area (TPSA) is 111 Å². The van der Waals surface area contributed by atoms with Crippen molar-refractivity contribution in [2.75, 3.05) is 11.4 Å². The Balaban J connectivity index is 1.62. The van der Waals surface area contributed by atoms with Crippen molar-refractivity contribution in [2.24, 2.45) is 0 Å². The van der Waals surface area contributed by atoms with E-state index in [1.54, 1.807) is 4.80 Å². The third-order valence-corrected chi connectivity index (χ3v) is 5.90. The quantitative estimate of drug-likeness (QED) is 0.234. The smallest absolute Gasteiger partial charge is 0.254 e. The Bertz CT molecular complexity index is 1340. The van der Waals surface area contributed by atoms with E-state index in [9.17, 15) is 4.79 Å². The second-order valence-corrected chi connectivity index (χ2v) is 8.41. The van der Waals surface area contributed by atoms with Gasteiger partial charge in [-0.15, -0.1) is 0 Å². The summed E-state index contributed by atoms with van der Waals surface area (Å²) < 4.78 is 0. The highest BCUT2D eigenvalue weighted by Gasteiger charge is 2.22. The zero-order valence-electron chi connectivity index (χ0n) is 18.2. The number of nitrogens with one attached hydrogen (secondary N) is 3. The van der Waals surface area contributed by atoms with Crippen molar-refractivity contribution in [3.63, 3.8) is 0 Å². The van der Waals surface area contributed by atoms with Crippen molar-refractivity contribution in [2.45, 2.75) is 13.0 Å². The van der Waals surface area contributed by atoms with E-state index in [-0.39, 0.29) is 28.2 Å². The van der Waals surface area contributed by atoms with Gasteiger partial charge in [0, 0.05) is 6.54 Å². The number of hydrogen-bond acceptors (Lipinski definition) is 5. The van der Waals surface area contributed by atoms with Crippen LogP contribution in [0, 0.1) is 17.7 Å². The third-order valence-electron chi connectivity index (χ3n) is 5.30. The van der Waals surface area contributed by atoms with Crippen LogP contribution in [0.4, 0.5) is 5.69 Å². The first kappa shape index (κ1) is 23.4. The molecular formula is C24H21Cl2N7O. The van der Waals surface area contributed by atoms with Crippen molar-refractivity contribution in [1.29, 1.82) is 10.8 Å². The molecule has 1 amide bonds. The molecule has 0 saturated carbocycles. The second-order valence-electron chi connectivity index (χ2n) is 7.60. The highest BCUT2D eigenvalue weighted by Crippen LogP contribution is 2.30. The SMILES string of the molecule is Cc1ccc2nn(C(CNC(=O)c3c(Cl)cc(N(C=N)C=N)cc3Cl)c3ccccc3)nc2c1. The van der Waals surface area contributed by atoms with Crippen LogP contribution in [0.3, 0.4) is 0 Å². The molecule has 0 aliphatic carbocycles. The lowest BCUT2D eigenvalue weighted by molar-refractivity contribution is 0.0949. The molecule has 1 atom stereocenters. The van der Waals surface area contributed by atoms with E-state index in [4.69, 9.17) is 34.0 Å². The van der Waals surface area contributed by atoms with Gasteiger partial charge >= 0.3 is 0 Å². The number of halogens is 2. The van der Waals surface area contributed by atoms with E-state index >= 15 is 0 Å². The van der Waals surface area contributed by atoms with Crippen LogP contribution in [0.15, 0.2) is 60.7 Å². The highest BCUT2D eigenvalue weighted by molar-refractivity contribution is 6.40. The standard InChI is InChI=1S/C24H21Cl2N7O/c1-15-7-8-20-21(9-15)31-33(30-20)22(16-5-3-2-4-6-16)12-29-24(34)23-18(25)10-17(11-19(23)26)32(13-27)14-28/h2-11,13-14,22,27-28H,12H2,1H3,(H,29,34). The fourth-order valence-corrected chi connectivity index (χ4v) is 4.23. The Morgan fingerprint density at radius 1 is 1.03 bits per heavy atom. The highest BCUT2D eigenvalue weighted by atomic mass is 35.5. The van der Waals surface area contributed by atoms with Crippen LogP contribution in [0.2, 0.25) is 10.0 Å². The van der Waals surface area contributed by atoms with Gasteiger partial charge in [-0.25, -0.2) is 0 Å². The Hall–Kier alpha value is -3.75. The molecule has 4 rings (SSSR count). The Kier molecular flexibility index (Phi) is 6.90. The molecule has 1 unspecified atom stereocenters. The van der Waals surface area contributed by atoms with E-state index in [1.165, 1.54) is 17.0 Å². The van der Waals surface area contributed by atoms with E-state index < -0.39 is 5.91 Å². The number of amides is 1. The van der Waals surface area contributed by atoms with Crippen molar-refractivity contribution >= 4 is 58.5 Å². The van der Waals surface area contributed by atoms with Crippen molar-refractivity contribution in [1.82, 2.24) is 20.3 Å². The predicted octanol–water partition coefficient (Wildman–Crippen LogP) is 5.09. The fraction of sp³-hybridized carbons (Fsp3) is 0.125. The van der Waals surface area contributed by atoms with Gasteiger partial charge in [-0.2, -0.15) is 15.0 Å². The lowest BCUT2D eigenvalue weighted by atomic mass is 10.1. The Labute approximate surface area is 206 Å². The van der Waals surface area contributed by atoms with Crippen LogP contribution in [0.25, 0.3) is 11.0 Å². The minimum absolute atomic E-state index is 0.114. The molecule has 1 heterocycles. The number of aryl methyl sites for hydroxylation is 1. The molecule has 0 bridgehead atoms. The molecule has 8 nitrogen and oxygen atoms in total. The van der Waals surface area contributed by atoms with Crippen molar-refractivity contribution in [3.05, 3.63) is 87.4 Å². The molecule has 0 spiro atoms. The number of benzene rings is 3. The monoisotopic (exact) mass is 493 g/mol. The molecule has 0 aliphatic rings. The molecule has 1 aromatic heterocycles. The van der Waals surface area contributed by atoms with Gasteiger partial charge in [-0.3, -0.25) is 20.5 Å². The maximum Gasteiger partial charge on any atom is 0.254 e. The summed E-state index contributed by atoms with van der Waals surface area (Å²) in [5.74, 6) is -0.453. The maximum absolute atomic E-state index is 13.1. The zero-order chi connectivity index (χ0) is 24.2. The van der Waals surface area contributed by atoms with Crippen molar-refractivity contribution in [3.8, 4) is 0 Å². The summed E-state index contributed by atoms with van der Waals surface area (Å²) >= 11 is 12.7. The summed E-state index contributed by atoms with van der Waals surface area (Å²) in [6, 6.07) is 18.1. The van der Waals surface area contributed by atoms with Crippen LogP contribution < -0.4 is 10.2 Å². The number of hydrogen-bond donors (Lipinski definition) is 3. The first-order chi connectivity index (χ1) is 16.4. The van der Waals surface area contributed by atoms with E-state index in [1.807, 2.05) is 55.5 Å². The first-order valence-corrected chi connectivity index (χ1v) is 11.1. The molecule has 10 heteroatoms. The summed E-state index contributed by atoms with van der Waals surface area (Å²) in [5, 5.41) is 27.1. The molecule has 172 valence electrons. The average molecular weight is 494 g/mol. The van der Waals surface area contributed by atoms with Gasteiger partial charge in [0.15, 0.2) is 0 Å². The number of fused-ring (bicyclic) bond motifs is 1. The number of rotatable bonds is 8. The minimum Gasteiger partial charge on any atom is -0.349 e. The van der Waals surface area contributed by atoms with Crippen LogP contribution in [0.5, 0.6) is 0 Å². The predicted molar refractivity (Wildman–Crippen MR) is 136 cm³/mol. The molecule has 4 aromatic rings. The number of aromatic nitrogens is 3. The molecule has 0 aliphatic heterocycles. The summed E-state index contributed by atoms with van der Waals surface area (Å²) in [6.45, 7) is 2.19. The number of carbonyl (C=O) groups is 1. The van der Waals surface area contributed by atoms with Gasteiger partial charge in [-0.1, -0.05) is 59.6 Å². The van der Waals surface area contributed by atoms with Crippen LogP contribution in [0.1, 0.15) is 27.5 Å². The normalized spacial score (nSPS) is 11.7. The van der Waals surface area contributed by atoms with Crippen LogP contribution >= 0.6 is 23.2 Å². The molecule has 0 radical (unpaired) electrons. The maximum atomic E-state index is 13.1. The van der Waals surface area contributed by atoms with Crippen LogP contribution in [-0.2, 0) is 0 Å². The minimum atomic E-state index is -0.453. The van der Waals surface area contributed by atoms with Gasteiger partial charge < -0.3 is 5.32 Å². The summed E-state index contributed by atoms with van der Waals surface area (Å²) in [7, 11) is 0. The van der Waals surface area contributed by atoms with Gasteiger partial charge in [0.2, 0.25) is 0 Å². The van der Waals surface area contributed by atoms with E-state index in [2.05, 4.69) is 15.5 Å². The van der Waals surface area contributed by atoms with Gasteiger partial charge in [0.25, 0.3) is 5.91 Å². The lowest BCUT2D eigenvalue weighted by Gasteiger charge is -2.19. The number of nitrogens with zero attached hydrogens (tertiary/aromatic N) is 4. The lowest BCUT2D eigenvalue weighted by Crippen LogP contribution is -2.32. The van der Waals surface area contributed by atoms with Gasteiger partial charge in [-0.05, 0) is 42.3 Å². The molecule has 0 fully saturated rings. The van der Waals surface area contributed by atoms with Crippen LogP contribution in [-0.4, -0.2) is 40.1 Å². The summed E-state index contributed by atoms with van der Waals surface area (Å²) in [5.41, 5.74) is 4.07. The molecule has 3 N–H and O–H groups in total. The molecular weight excluding hydrogens is 473 g/mol. The second kappa shape index (κ2) is 10.0. The van der Waals surface area contributed by atoms with E-state index in [0.717, 1.165) is 34.8 Å². The summed E-state index contributed by atoms with van der Waals surface area (Å²) in [6.07, 6.45) is 1.89. The third kappa shape index (κ3) is 4.78. The molecule has 34 heavy (non-hydrogen) atoms. The van der Waals surface area contributed by atoms with Gasteiger partial charge in [0.05, 0.1) is 34.0 Å². The Morgan fingerprint density at radius 2 is 1.68 bits per heavy atom.